The Balaban J connectivity index is 3.13. The number of benzene rings is 1. The molecule has 0 heterocycles. The van der Waals surface area contributed by atoms with E-state index in [1.807, 2.05) is 6.07 Å². The first kappa shape index (κ1) is 11.8. The van der Waals surface area contributed by atoms with Gasteiger partial charge in [0, 0.05) is 15.6 Å². The molecule has 3 nitrogen and oxygen atoms in total. The Bertz CT molecular complexity index is 406. The Labute approximate surface area is 96.8 Å². The molecule has 0 radical (unpaired) electrons. The molecule has 0 aliphatic heterocycles. The lowest BCUT2D eigenvalue weighted by Gasteiger charge is -2.10. The highest BCUT2D eigenvalue weighted by atomic mass is 35.5. The molecule has 0 saturated carbocycles. The number of rotatable bonds is 3. The van der Waals surface area contributed by atoms with E-state index in [9.17, 15) is 4.79 Å². The predicted molar refractivity (Wildman–Crippen MR) is 57.1 cm³/mol. The van der Waals surface area contributed by atoms with Crippen molar-refractivity contribution in [3.8, 4) is 6.07 Å². The number of halogens is 2. The molecule has 0 aliphatic rings. The average Bonchev–Trinajstić information content (AvgIpc) is 2.15. The third-order valence-corrected chi connectivity index (χ3v) is 2.54. The van der Waals surface area contributed by atoms with Gasteiger partial charge in [0.05, 0.1) is 18.4 Å². The fraction of sp³-hybridized carbons (Fsp3) is 0.200. The van der Waals surface area contributed by atoms with Crippen molar-refractivity contribution >= 4 is 29.2 Å². The lowest BCUT2D eigenvalue weighted by Crippen LogP contribution is -2.05. The summed E-state index contributed by atoms with van der Waals surface area (Å²) in [5.41, 5.74) is 0.380. The minimum Gasteiger partial charge on any atom is -0.481 e. The molecule has 5 heteroatoms. The summed E-state index contributed by atoms with van der Waals surface area (Å²) in [5.74, 6) is -1.87. The highest BCUT2D eigenvalue weighted by Crippen LogP contribution is 2.32. The van der Waals surface area contributed by atoms with Crippen molar-refractivity contribution in [2.75, 3.05) is 0 Å². The SMILES string of the molecule is N#C[C@@H](CC(=O)O)c1c(Cl)cccc1Cl. The van der Waals surface area contributed by atoms with E-state index in [2.05, 4.69) is 0 Å². The molecular formula is C10H7Cl2NO2. The van der Waals surface area contributed by atoms with Gasteiger partial charge in [-0.25, -0.2) is 0 Å². The smallest absolute Gasteiger partial charge is 0.305 e. The van der Waals surface area contributed by atoms with Gasteiger partial charge in [0.25, 0.3) is 0 Å². The van der Waals surface area contributed by atoms with E-state index >= 15 is 0 Å². The number of nitrogens with zero attached hydrogens (tertiary/aromatic N) is 1. The van der Waals surface area contributed by atoms with E-state index in [1.54, 1.807) is 18.2 Å². The largest absolute Gasteiger partial charge is 0.481 e. The van der Waals surface area contributed by atoms with Crippen LogP contribution in [0.2, 0.25) is 10.0 Å². The fourth-order valence-corrected chi connectivity index (χ4v) is 1.89. The Morgan fingerprint density at radius 2 is 2.00 bits per heavy atom. The molecule has 0 spiro atoms. The molecule has 0 aromatic heterocycles. The number of hydrogen-bond donors (Lipinski definition) is 1. The molecule has 1 rings (SSSR count). The molecule has 0 fully saturated rings. The topological polar surface area (TPSA) is 61.1 Å². The Kier molecular flexibility index (Phi) is 3.96. The number of nitriles is 1. The van der Waals surface area contributed by atoms with E-state index in [0.29, 0.717) is 15.6 Å². The molecule has 0 bridgehead atoms. The van der Waals surface area contributed by atoms with Crippen LogP contribution in [-0.2, 0) is 4.79 Å². The van der Waals surface area contributed by atoms with Crippen LogP contribution in [-0.4, -0.2) is 11.1 Å². The van der Waals surface area contributed by atoms with Gasteiger partial charge in [-0.05, 0) is 12.1 Å². The summed E-state index contributed by atoms with van der Waals surface area (Å²) in [4.78, 5) is 10.5. The van der Waals surface area contributed by atoms with Crippen molar-refractivity contribution in [3.63, 3.8) is 0 Å². The molecule has 78 valence electrons. The molecule has 15 heavy (non-hydrogen) atoms. The second-order valence-corrected chi connectivity index (χ2v) is 3.73. The Hall–Kier alpha value is -1.24. The summed E-state index contributed by atoms with van der Waals surface area (Å²) in [7, 11) is 0. The number of carbonyl (C=O) groups is 1. The van der Waals surface area contributed by atoms with Crippen LogP contribution in [0.25, 0.3) is 0 Å². The minimum atomic E-state index is -1.06. The fourth-order valence-electron chi connectivity index (χ4n) is 1.23. The number of hydrogen-bond acceptors (Lipinski definition) is 2. The van der Waals surface area contributed by atoms with Crippen molar-refractivity contribution in [2.24, 2.45) is 0 Å². The quantitative estimate of drug-likeness (QED) is 0.888. The molecule has 0 aliphatic carbocycles. The van der Waals surface area contributed by atoms with Gasteiger partial charge in [-0.15, -0.1) is 0 Å². The van der Waals surface area contributed by atoms with Crippen molar-refractivity contribution in [3.05, 3.63) is 33.8 Å². The van der Waals surface area contributed by atoms with E-state index in [4.69, 9.17) is 33.6 Å². The van der Waals surface area contributed by atoms with E-state index in [-0.39, 0.29) is 6.42 Å². The molecule has 1 aromatic carbocycles. The van der Waals surface area contributed by atoms with Gasteiger partial charge in [0.1, 0.15) is 0 Å². The molecule has 1 N–H and O–H groups in total. The normalized spacial score (nSPS) is 11.8. The minimum absolute atomic E-state index is 0.306. The molecule has 0 unspecified atom stereocenters. The maximum Gasteiger partial charge on any atom is 0.305 e. The van der Waals surface area contributed by atoms with Gasteiger partial charge < -0.3 is 5.11 Å². The van der Waals surface area contributed by atoms with Gasteiger partial charge in [0.15, 0.2) is 0 Å². The predicted octanol–water partition coefficient (Wildman–Crippen LogP) is 3.08. The van der Waals surface area contributed by atoms with Crippen LogP contribution >= 0.6 is 23.2 Å². The van der Waals surface area contributed by atoms with Crippen molar-refractivity contribution in [1.82, 2.24) is 0 Å². The summed E-state index contributed by atoms with van der Waals surface area (Å²) in [6.45, 7) is 0. The molecule has 0 saturated heterocycles. The van der Waals surface area contributed by atoms with Crippen LogP contribution in [0.5, 0.6) is 0 Å². The highest BCUT2D eigenvalue weighted by molar-refractivity contribution is 6.36. The zero-order valence-electron chi connectivity index (χ0n) is 7.58. The summed E-state index contributed by atoms with van der Waals surface area (Å²) >= 11 is 11.7. The van der Waals surface area contributed by atoms with Crippen LogP contribution in [0.4, 0.5) is 0 Å². The van der Waals surface area contributed by atoms with Gasteiger partial charge >= 0.3 is 5.97 Å². The molecule has 0 amide bonds. The third kappa shape index (κ3) is 2.85. The first-order valence-electron chi connectivity index (χ1n) is 4.11. The number of aliphatic carboxylic acids is 1. The second kappa shape index (κ2) is 5.01. The zero-order valence-corrected chi connectivity index (χ0v) is 9.09. The Morgan fingerprint density at radius 1 is 1.47 bits per heavy atom. The lowest BCUT2D eigenvalue weighted by molar-refractivity contribution is -0.137. The van der Waals surface area contributed by atoms with E-state index in [1.165, 1.54) is 0 Å². The van der Waals surface area contributed by atoms with Crippen LogP contribution < -0.4 is 0 Å². The summed E-state index contributed by atoms with van der Waals surface area (Å²) < 4.78 is 0. The monoisotopic (exact) mass is 243 g/mol. The number of carboxylic acid groups (broad SMARTS) is 1. The van der Waals surface area contributed by atoms with Gasteiger partial charge in [-0.1, -0.05) is 29.3 Å². The van der Waals surface area contributed by atoms with Crippen molar-refractivity contribution in [2.45, 2.75) is 12.3 Å². The molecular weight excluding hydrogens is 237 g/mol. The van der Waals surface area contributed by atoms with Crippen molar-refractivity contribution in [1.29, 1.82) is 5.26 Å². The van der Waals surface area contributed by atoms with Crippen LogP contribution in [0.3, 0.4) is 0 Å². The first-order valence-corrected chi connectivity index (χ1v) is 4.87. The highest BCUT2D eigenvalue weighted by Gasteiger charge is 2.20. The van der Waals surface area contributed by atoms with Gasteiger partial charge in [-0.2, -0.15) is 5.26 Å². The van der Waals surface area contributed by atoms with E-state index in [0.717, 1.165) is 0 Å². The van der Waals surface area contributed by atoms with E-state index < -0.39 is 11.9 Å². The molecule has 1 atom stereocenters. The maximum absolute atomic E-state index is 10.5. The van der Waals surface area contributed by atoms with Crippen LogP contribution in [0.15, 0.2) is 18.2 Å². The standard InChI is InChI=1S/C10H7Cl2NO2/c11-7-2-1-3-8(12)10(7)6(5-13)4-9(14)15/h1-3,6H,4H2,(H,14,15)/t6-/m1/s1. The third-order valence-electron chi connectivity index (χ3n) is 1.88. The number of carboxylic acids is 1. The lowest BCUT2D eigenvalue weighted by atomic mass is 9.97. The maximum atomic E-state index is 10.5. The van der Waals surface area contributed by atoms with Gasteiger partial charge in [-0.3, -0.25) is 4.79 Å². The summed E-state index contributed by atoms with van der Waals surface area (Å²) in [5, 5.41) is 18.1. The average molecular weight is 244 g/mol. The summed E-state index contributed by atoms with van der Waals surface area (Å²) in [6.07, 6.45) is -0.306. The summed E-state index contributed by atoms with van der Waals surface area (Å²) in [6, 6.07) is 6.68. The Morgan fingerprint density at radius 3 is 2.40 bits per heavy atom. The van der Waals surface area contributed by atoms with Crippen LogP contribution in [0.1, 0.15) is 17.9 Å². The first-order chi connectivity index (χ1) is 7.06. The van der Waals surface area contributed by atoms with Gasteiger partial charge in [0.2, 0.25) is 0 Å². The van der Waals surface area contributed by atoms with Crippen LogP contribution in [0, 0.1) is 11.3 Å². The second-order valence-electron chi connectivity index (χ2n) is 2.91. The van der Waals surface area contributed by atoms with Crippen molar-refractivity contribution < 1.29 is 9.90 Å². The molecule has 1 aromatic rings. The zero-order chi connectivity index (χ0) is 11.4.